The first-order chi connectivity index (χ1) is 5.47. The molecule has 0 amide bonds. The van der Waals surface area contributed by atoms with Crippen LogP contribution in [0.4, 0.5) is 0 Å². The summed E-state index contributed by atoms with van der Waals surface area (Å²) < 4.78 is 0. The minimum absolute atomic E-state index is 0. The first kappa shape index (κ1) is 17.3. The van der Waals surface area contributed by atoms with E-state index in [4.69, 9.17) is 0 Å². The van der Waals surface area contributed by atoms with Crippen LogP contribution in [-0.2, 0) is 25.8 Å². The molecule has 1 fully saturated rings. The Labute approximate surface area is 118 Å². The van der Waals surface area contributed by atoms with Crippen molar-refractivity contribution in [1.82, 2.24) is 0 Å². The van der Waals surface area contributed by atoms with E-state index >= 15 is 0 Å². The Morgan fingerprint density at radius 3 is 2.21 bits per heavy atom. The third-order valence-corrected chi connectivity index (χ3v) is 2.77. The Hall–Kier alpha value is 0.930. The normalized spacial score (nSPS) is 20.1. The molecule has 0 nitrogen and oxygen atoms in total. The molecular weight excluding hydrogens is 382 g/mol. The van der Waals surface area contributed by atoms with Crippen molar-refractivity contribution in [2.45, 2.75) is 38.5 Å². The van der Waals surface area contributed by atoms with Gasteiger partial charge in [-0.15, -0.1) is 31.2 Å². The van der Waals surface area contributed by atoms with Crippen LogP contribution in [0.25, 0.3) is 0 Å². The molecule has 0 heterocycles. The zero-order valence-corrected chi connectivity index (χ0v) is 13.5. The molecule has 0 radical (unpaired) electrons. The summed E-state index contributed by atoms with van der Waals surface area (Å²) in [6.45, 7) is 0. The van der Waals surface area contributed by atoms with Crippen LogP contribution in [0.2, 0.25) is 0 Å². The molecule has 80 valence electrons. The van der Waals surface area contributed by atoms with Crippen LogP contribution in [0.5, 0.6) is 0 Å². The Kier molecular flexibility index (Phi) is 11.4. The fraction of sp³-hybridized carbons (Fsp3) is 0.636. The van der Waals surface area contributed by atoms with E-state index in [1.807, 2.05) is 0 Å². The average Bonchev–Trinajstić information content (AvgIpc) is 2.58. The number of allylic oxidation sites excluding steroid dienone is 4. The molecule has 0 bridgehead atoms. The smallest absolute Gasteiger partial charge is 0 e. The number of hydrogen-bond donors (Lipinski definition) is 0. The molecular formula is C11H17Cl2Hf-. The molecule has 0 aliphatic heterocycles. The van der Waals surface area contributed by atoms with Gasteiger partial charge < -0.3 is 0 Å². The Morgan fingerprint density at radius 2 is 1.71 bits per heavy atom. The molecule has 2 aliphatic carbocycles. The molecule has 0 aromatic rings. The summed E-state index contributed by atoms with van der Waals surface area (Å²) in [5.74, 6) is 0.863. The van der Waals surface area contributed by atoms with Crippen molar-refractivity contribution in [3.8, 4) is 0 Å². The van der Waals surface area contributed by atoms with E-state index in [0.29, 0.717) is 0 Å². The monoisotopic (exact) mass is 399 g/mol. The van der Waals surface area contributed by atoms with E-state index in [0.717, 1.165) is 12.3 Å². The molecule has 3 heteroatoms. The third kappa shape index (κ3) is 4.63. The van der Waals surface area contributed by atoms with Gasteiger partial charge in [0.05, 0.1) is 0 Å². The van der Waals surface area contributed by atoms with Crippen molar-refractivity contribution in [2.75, 3.05) is 0 Å². The van der Waals surface area contributed by atoms with Crippen molar-refractivity contribution in [3.63, 3.8) is 0 Å². The van der Waals surface area contributed by atoms with Gasteiger partial charge in [0.1, 0.15) is 0 Å². The average molecular weight is 399 g/mol. The molecule has 14 heavy (non-hydrogen) atoms. The van der Waals surface area contributed by atoms with Crippen LogP contribution in [0.15, 0.2) is 17.7 Å². The van der Waals surface area contributed by atoms with Gasteiger partial charge in [-0.3, -0.25) is 6.08 Å². The second-order valence-electron chi connectivity index (χ2n) is 3.57. The van der Waals surface area contributed by atoms with Crippen molar-refractivity contribution >= 4 is 24.8 Å². The number of rotatable bonds is 1. The fourth-order valence-electron chi connectivity index (χ4n) is 2.12. The molecule has 0 atom stereocenters. The maximum Gasteiger partial charge on any atom is 0 e. The molecule has 2 rings (SSSR count). The Balaban J connectivity index is 0. The van der Waals surface area contributed by atoms with Crippen LogP contribution in [0.1, 0.15) is 38.5 Å². The first-order valence-corrected chi connectivity index (χ1v) is 4.74. The molecule has 1 saturated carbocycles. The summed E-state index contributed by atoms with van der Waals surface area (Å²) in [6, 6.07) is 0. The SMILES string of the molecule is Cl.Cl.[C-]1=C(C2CCCCC2)C=CC1.[Hf]. The predicted molar refractivity (Wildman–Crippen MR) is 61.6 cm³/mol. The van der Waals surface area contributed by atoms with Gasteiger partial charge in [0, 0.05) is 25.8 Å². The topological polar surface area (TPSA) is 0 Å². The van der Waals surface area contributed by atoms with E-state index in [9.17, 15) is 0 Å². The minimum Gasteiger partial charge on any atom is -0.269 e. The number of hydrogen-bond acceptors (Lipinski definition) is 0. The summed E-state index contributed by atoms with van der Waals surface area (Å²) in [5, 5.41) is 0. The zero-order chi connectivity index (χ0) is 7.52. The summed E-state index contributed by atoms with van der Waals surface area (Å²) in [6.07, 6.45) is 16.1. The molecule has 0 spiro atoms. The second-order valence-corrected chi connectivity index (χ2v) is 3.57. The summed E-state index contributed by atoms with van der Waals surface area (Å²) in [4.78, 5) is 0. The summed E-state index contributed by atoms with van der Waals surface area (Å²) in [5.41, 5.74) is 1.50. The second kappa shape index (κ2) is 9.18. The third-order valence-electron chi connectivity index (χ3n) is 2.77. The molecule has 0 saturated heterocycles. The van der Waals surface area contributed by atoms with Crippen molar-refractivity contribution in [2.24, 2.45) is 5.92 Å². The van der Waals surface area contributed by atoms with Crippen LogP contribution in [-0.4, -0.2) is 0 Å². The van der Waals surface area contributed by atoms with Crippen molar-refractivity contribution in [3.05, 3.63) is 23.8 Å². The van der Waals surface area contributed by atoms with Crippen LogP contribution < -0.4 is 0 Å². The quantitative estimate of drug-likeness (QED) is 0.461. The van der Waals surface area contributed by atoms with E-state index in [-0.39, 0.29) is 50.7 Å². The van der Waals surface area contributed by atoms with Crippen LogP contribution >= 0.6 is 24.8 Å². The molecule has 0 aromatic carbocycles. The molecule has 0 unspecified atom stereocenters. The van der Waals surface area contributed by atoms with Gasteiger partial charge in [0.2, 0.25) is 0 Å². The van der Waals surface area contributed by atoms with Crippen LogP contribution in [0, 0.1) is 12.0 Å². The number of halogens is 2. The van der Waals surface area contributed by atoms with Gasteiger partial charge in [-0.1, -0.05) is 19.3 Å². The molecule has 0 N–H and O–H groups in total. The zero-order valence-electron chi connectivity index (χ0n) is 8.29. The maximum absolute atomic E-state index is 3.43. The first-order valence-electron chi connectivity index (χ1n) is 4.74. The Morgan fingerprint density at radius 1 is 1.07 bits per heavy atom. The minimum atomic E-state index is 0. The van der Waals surface area contributed by atoms with Gasteiger partial charge in [0.15, 0.2) is 0 Å². The van der Waals surface area contributed by atoms with E-state index in [1.54, 1.807) is 0 Å². The molecule has 2 aliphatic rings. The van der Waals surface area contributed by atoms with Crippen molar-refractivity contribution < 1.29 is 25.8 Å². The maximum atomic E-state index is 3.43. The van der Waals surface area contributed by atoms with Gasteiger partial charge in [-0.2, -0.15) is 6.08 Å². The molecule has 0 aromatic heterocycles. The summed E-state index contributed by atoms with van der Waals surface area (Å²) >= 11 is 0. The predicted octanol–water partition coefficient (Wildman–Crippen LogP) is 4.10. The van der Waals surface area contributed by atoms with E-state index in [2.05, 4.69) is 18.2 Å². The fourth-order valence-corrected chi connectivity index (χ4v) is 2.12. The van der Waals surface area contributed by atoms with Gasteiger partial charge in [-0.05, 0) is 18.8 Å². The van der Waals surface area contributed by atoms with Gasteiger partial charge in [0.25, 0.3) is 0 Å². The van der Waals surface area contributed by atoms with E-state index < -0.39 is 0 Å². The van der Waals surface area contributed by atoms with Gasteiger partial charge >= 0.3 is 0 Å². The Bertz CT molecular complexity index is 193. The van der Waals surface area contributed by atoms with Crippen molar-refractivity contribution in [1.29, 1.82) is 0 Å². The van der Waals surface area contributed by atoms with Crippen LogP contribution in [0.3, 0.4) is 0 Å². The summed E-state index contributed by atoms with van der Waals surface area (Å²) in [7, 11) is 0. The largest absolute Gasteiger partial charge is 0.269 e. The van der Waals surface area contributed by atoms with Gasteiger partial charge in [-0.25, -0.2) is 11.6 Å². The van der Waals surface area contributed by atoms with E-state index in [1.165, 1.54) is 37.7 Å². The standard InChI is InChI=1S/C11H15.2ClH.Hf/c1-2-6-10(7-3-1)11-8-4-5-9-11;;;/h4,8,10H,1-3,5-7H2;2*1H;/q-1;;;.